The highest BCUT2D eigenvalue weighted by Crippen LogP contribution is 2.47. The van der Waals surface area contributed by atoms with Gasteiger partial charge in [-0.15, -0.1) is 0 Å². The van der Waals surface area contributed by atoms with Crippen molar-refractivity contribution in [3.05, 3.63) is 0 Å². The minimum atomic E-state index is -3.06. The van der Waals surface area contributed by atoms with E-state index in [1.54, 1.807) is 6.92 Å². The zero-order valence-corrected chi connectivity index (χ0v) is 9.30. The van der Waals surface area contributed by atoms with Crippen LogP contribution >= 0.6 is 0 Å². The van der Waals surface area contributed by atoms with Gasteiger partial charge >= 0.3 is 5.97 Å². The summed E-state index contributed by atoms with van der Waals surface area (Å²) >= 11 is 0. The fourth-order valence-corrected chi connectivity index (χ4v) is 2.40. The molecule has 0 amide bonds. The van der Waals surface area contributed by atoms with Crippen LogP contribution in [0, 0.1) is 11.3 Å². The second-order valence-corrected chi connectivity index (χ2v) is 6.64. The van der Waals surface area contributed by atoms with E-state index in [0.29, 0.717) is 0 Å². The number of sulfone groups is 1. The molecular formula is C9H16O4S. The van der Waals surface area contributed by atoms with Gasteiger partial charge in [0.2, 0.25) is 0 Å². The number of carbonyl (C=O) groups is 1. The normalized spacial score (nSPS) is 21.6. The van der Waals surface area contributed by atoms with Crippen LogP contribution in [0.4, 0.5) is 0 Å². The van der Waals surface area contributed by atoms with Crippen molar-refractivity contribution in [1.29, 1.82) is 0 Å². The summed E-state index contributed by atoms with van der Waals surface area (Å²) in [6, 6.07) is 0. The van der Waals surface area contributed by atoms with Crippen molar-refractivity contribution >= 4 is 15.8 Å². The number of carboxylic acids is 1. The predicted molar refractivity (Wildman–Crippen MR) is 52.8 cm³/mol. The standard InChI is InChI=1S/C9H16O4S/c1-9(8(10)11,7-3-4-7)5-6-14(2,12)13/h7H,3-6H2,1-2H3,(H,10,11). The van der Waals surface area contributed by atoms with Crippen molar-refractivity contribution in [2.24, 2.45) is 11.3 Å². The van der Waals surface area contributed by atoms with E-state index in [4.69, 9.17) is 5.11 Å². The Morgan fingerprint density at radius 3 is 2.29 bits per heavy atom. The molecule has 1 aliphatic rings. The maximum atomic E-state index is 11.0. The monoisotopic (exact) mass is 220 g/mol. The number of carboxylic acid groups (broad SMARTS) is 1. The Kier molecular flexibility index (Phi) is 2.90. The third-order valence-electron chi connectivity index (χ3n) is 2.96. The summed E-state index contributed by atoms with van der Waals surface area (Å²) in [6.07, 6.45) is 3.19. The highest BCUT2D eigenvalue weighted by molar-refractivity contribution is 7.90. The first-order valence-electron chi connectivity index (χ1n) is 4.67. The third-order valence-corrected chi connectivity index (χ3v) is 3.90. The van der Waals surface area contributed by atoms with Crippen molar-refractivity contribution in [3.8, 4) is 0 Å². The highest BCUT2D eigenvalue weighted by Gasteiger charge is 2.47. The minimum Gasteiger partial charge on any atom is -0.481 e. The second kappa shape index (κ2) is 3.53. The molecule has 0 saturated heterocycles. The van der Waals surface area contributed by atoms with E-state index in [1.807, 2.05) is 0 Å². The average Bonchev–Trinajstić information content (AvgIpc) is 2.80. The fourth-order valence-electron chi connectivity index (χ4n) is 1.60. The molecule has 1 N–H and O–H groups in total. The molecule has 1 fully saturated rings. The van der Waals surface area contributed by atoms with E-state index in [1.165, 1.54) is 0 Å². The number of hydrogen-bond acceptors (Lipinski definition) is 3. The molecule has 4 nitrogen and oxygen atoms in total. The van der Waals surface area contributed by atoms with Crippen LogP contribution in [0.25, 0.3) is 0 Å². The van der Waals surface area contributed by atoms with Gasteiger partial charge in [-0.3, -0.25) is 4.79 Å². The number of aliphatic carboxylic acids is 1. The van der Waals surface area contributed by atoms with E-state index >= 15 is 0 Å². The summed E-state index contributed by atoms with van der Waals surface area (Å²) in [5.41, 5.74) is -0.844. The molecular weight excluding hydrogens is 204 g/mol. The molecule has 1 unspecified atom stereocenters. The van der Waals surface area contributed by atoms with Crippen LogP contribution in [0.15, 0.2) is 0 Å². The first kappa shape index (κ1) is 11.5. The largest absolute Gasteiger partial charge is 0.481 e. The van der Waals surface area contributed by atoms with Gasteiger partial charge in [0.05, 0.1) is 11.2 Å². The molecule has 14 heavy (non-hydrogen) atoms. The molecule has 1 saturated carbocycles. The fraction of sp³-hybridized carbons (Fsp3) is 0.889. The summed E-state index contributed by atoms with van der Waals surface area (Å²) in [5.74, 6) is -0.739. The van der Waals surface area contributed by atoms with Gasteiger partial charge in [-0.1, -0.05) is 0 Å². The van der Waals surface area contributed by atoms with Crippen LogP contribution in [0.1, 0.15) is 26.2 Å². The van der Waals surface area contributed by atoms with Crippen LogP contribution < -0.4 is 0 Å². The van der Waals surface area contributed by atoms with Crippen molar-refractivity contribution in [2.75, 3.05) is 12.0 Å². The van der Waals surface area contributed by atoms with Crippen molar-refractivity contribution < 1.29 is 18.3 Å². The van der Waals surface area contributed by atoms with Crippen LogP contribution in [0.5, 0.6) is 0 Å². The van der Waals surface area contributed by atoms with Crippen LogP contribution in [-0.2, 0) is 14.6 Å². The van der Waals surface area contributed by atoms with E-state index in [-0.39, 0.29) is 18.1 Å². The second-order valence-electron chi connectivity index (χ2n) is 4.38. The van der Waals surface area contributed by atoms with Gasteiger partial charge in [0.15, 0.2) is 0 Å². The first-order chi connectivity index (χ1) is 6.26. The van der Waals surface area contributed by atoms with Crippen molar-refractivity contribution in [2.45, 2.75) is 26.2 Å². The van der Waals surface area contributed by atoms with Gasteiger partial charge in [-0.2, -0.15) is 0 Å². The Morgan fingerprint density at radius 2 is 2.00 bits per heavy atom. The van der Waals surface area contributed by atoms with Gasteiger partial charge in [-0.05, 0) is 32.1 Å². The van der Waals surface area contributed by atoms with Gasteiger partial charge in [-0.25, -0.2) is 8.42 Å². The van der Waals surface area contributed by atoms with Gasteiger partial charge in [0.1, 0.15) is 9.84 Å². The molecule has 1 rings (SSSR count). The third kappa shape index (κ3) is 2.70. The lowest BCUT2D eigenvalue weighted by molar-refractivity contribution is -0.149. The molecule has 0 aromatic carbocycles. The molecule has 0 bridgehead atoms. The lowest BCUT2D eigenvalue weighted by atomic mass is 9.82. The maximum absolute atomic E-state index is 11.0. The lowest BCUT2D eigenvalue weighted by Crippen LogP contribution is -2.32. The maximum Gasteiger partial charge on any atom is 0.309 e. The summed E-state index contributed by atoms with van der Waals surface area (Å²) in [5, 5.41) is 9.04. The highest BCUT2D eigenvalue weighted by atomic mass is 32.2. The zero-order chi connectivity index (χ0) is 11.0. The summed E-state index contributed by atoms with van der Waals surface area (Å²) in [6.45, 7) is 1.65. The Labute approximate surface area is 84.2 Å². The predicted octanol–water partition coefficient (Wildman–Crippen LogP) is 0.922. The Hall–Kier alpha value is -0.580. The number of rotatable bonds is 5. The van der Waals surface area contributed by atoms with Gasteiger partial charge < -0.3 is 5.11 Å². The topological polar surface area (TPSA) is 71.4 Å². The molecule has 1 atom stereocenters. The minimum absolute atomic E-state index is 0.0354. The molecule has 0 aromatic heterocycles. The van der Waals surface area contributed by atoms with Gasteiger partial charge in [0.25, 0.3) is 0 Å². The molecule has 0 aliphatic heterocycles. The Bertz CT molecular complexity index is 329. The van der Waals surface area contributed by atoms with E-state index in [9.17, 15) is 13.2 Å². The summed E-state index contributed by atoms with van der Waals surface area (Å²) < 4.78 is 21.9. The Morgan fingerprint density at radius 1 is 1.50 bits per heavy atom. The Balaban J connectivity index is 2.65. The van der Waals surface area contributed by atoms with E-state index in [0.717, 1.165) is 19.1 Å². The van der Waals surface area contributed by atoms with Gasteiger partial charge in [0, 0.05) is 6.26 Å². The first-order valence-corrected chi connectivity index (χ1v) is 6.73. The van der Waals surface area contributed by atoms with E-state index < -0.39 is 21.2 Å². The van der Waals surface area contributed by atoms with Crippen molar-refractivity contribution in [3.63, 3.8) is 0 Å². The summed E-state index contributed by atoms with van der Waals surface area (Å²) in [4.78, 5) is 11.0. The van der Waals surface area contributed by atoms with Crippen molar-refractivity contribution in [1.82, 2.24) is 0 Å². The molecule has 5 heteroatoms. The van der Waals surface area contributed by atoms with E-state index in [2.05, 4.69) is 0 Å². The quantitative estimate of drug-likeness (QED) is 0.748. The van der Waals surface area contributed by atoms with Crippen LogP contribution in [0.2, 0.25) is 0 Å². The average molecular weight is 220 g/mol. The smallest absolute Gasteiger partial charge is 0.309 e. The summed E-state index contributed by atoms with van der Waals surface area (Å²) in [7, 11) is -3.06. The molecule has 82 valence electrons. The van der Waals surface area contributed by atoms with Crippen LogP contribution in [0.3, 0.4) is 0 Å². The van der Waals surface area contributed by atoms with Crippen LogP contribution in [-0.4, -0.2) is 31.5 Å². The molecule has 0 aromatic rings. The molecule has 1 aliphatic carbocycles. The molecule has 0 radical (unpaired) electrons. The zero-order valence-electron chi connectivity index (χ0n) is 8.49. The lowest BCUT2D eigenvalue weighted by Gasteiger charge is -2.23. The molecule has 0 heterocycles. The number of hydrogen-bond donors (Lipinski definition) is 1. The molecule has 0 spiro atoms. The SMILES string of the molecule is CC(CCS(C)(=O)=O)(C(=O)O)C1CC1.